The maximum absolute atomic E-state index is 11.7. The highest BCUT2D eigenvalue weighted by Crippen LogP contribution is 2.33. The standard InChI is InChI=1S/C12H15NO/c1-12(2)8-11(14)13(9-12)10-6-4-3-5-7-10/h3-7H,8-9H2,1-2H3. The van der Waals surface area contributed by atoms with Crippen LogP contribution in [0.3, 0.4) is 0 Å². The number of nitrogens with zero attached hydrogens (tertiary/aromatic N) is 1. The minimum absolute atomic E-state index is 0.118. The van der Waals surface area contributed by atoms with Gasteiger partial charge in [0.2, 0.25) is 5.91 Å². The molecule has 0 N–H and O–H groups in total. The van der Waals surface area contributed by atoms with E-state index in [0.717, 1.165) is 12.2 Å². The molecule has 0 unspecified atom stereocenters. The van der Waals surface area contributed by atoms with Gasteiger partial charge in [-0.2, -0.15) is 0 Å². The van der Waals surface area contributed by atoms with Crippen molar-refractivity contribution >= 4 is 11.6 Å². The fourth-order valence-corrected chi connectivity index (χ4v) is 1.92. The molecule has 1 amide bonds. The van der Waals surface area contributed by atoms with E-state index in [1.54, 1.807) is 0 Å². The number of amides is 1. The van der Waals surface area contributed by atoms with E-state index in [1.807, 2.05) is 35.2 Å². The lowest BCUT2D eigenvalue weighted by atomic mass is 9.93. The van der Waals surface area contributed by atoms with Crippen molar-refractivity contribution in [1.82, 2.24) is 0 Å². The van der Waals surface area contributed by atoms with Crippen molar-refractivity contribution < 1.29 is 4.79 Å². The van der Waals surface area contributed by atoms with Crippen LogP contribution in [-0.2, 0) is 4.79 Å². The van der Waals surface area contributed by atoms with Crippen LogP contribution in [-0.4, -0.2) is 12.5 Å². The Balaban J connectivity index is 2.26. The van der Waals surface area contributed by atoms with E-state index in [2.05, 4.69) is 13.8 Å². The molecule has 1 aromatic rings. The van der Waals surface area contributed by atoms with Crippen LogP contribution in [0.4, 0.5) is 5.69 Å². The molecule has 0 saturated carbocycles. The van der Waals surface area contributed by atoms with E-state index in [4.69, 9.17) is 0 Å². The molecule has 1 heterocycles. The van der Waals surface area contributed by atoms with E-state index in [-0.39, 0.29) is 11.3 Å². The monoisotopic (exact) mass is 189 g/mol. The zero-order valence-electron chi connectivity index (χ0n) is 8.66. The maximum Gasteiger partial charge on any atom is 0.227 e. The van der Waals surface area contributed by atoms with Crippen molar-refractivity contribution in [2.75, 3.05) is 11.4 Å². The molecule has 1 aliphatic rings. The summed E-state index contributed by atoms with van der Waals surface area (Å²) in [5.74, 6) is 0.237. The second-order valence-electron chi connectivity index (χ2n) is 4.66. The number of benzene rings is 1. The first-order chi connectivity index (χ1) is 6.58. The molecule has 0 spiro atoms. The maximum atomic E-state index is 11.7. The zero-order valence-corrected chi connectivity index (χ0v) is 8.66. The lowest BCUT2D eigenvalue weighted by molar-refractivity contribution is -0.117. The van der Waals surface area contributed by atoms with Crippen LogP contribution in [0.1, 0.15) is 20.3 Å². The third-order valence-electron chi connectivity index (χ3n) is 2.58. The van der Waals surface area contributed by atoms with Crippen molar-refractivity contribution in [3.8, 4) is 0 Å². The normalized spacial score (nSPS) is 20.1. The van der Waals surface area contributed by atoms with Gasteiger partial charge in [0.1, 0.15) is 0 Å². The molecule has 2 rings (SSSR count). The van der Waals surface area contributed by atoms with Crippen LogP contribution in [0.5, 0.6) is 0 Å². The average molecular weight is 189 g/mol. The molecular formula is C12H15NO. The SMILES string of the molecule is CC1(C)CC(=O)N(c2ccccc2)C1. The summed E-state index contributed by atoms with van der Waals surface area (Å²) in [6.07, 6.45) is 0.655. The average Bonchev–Trinajstić information content (AvgIpc) is 2.41. The molecule has 1 fully saturated rings. The minimum Gasteiger partial charge on any atom is -0.312 e. The first-order valence-corrected chi connectivity index (χ1v) is 4.94. The molecule has 1 aliphatic heterocycles. The molecule has 0 aliphatic carbocycles. The van der Waals surface area contributed by atoms with E-state index < -0.39 is 0 Å². The van der Waals surface area contributed by atoms with Crippen LogP contribution in [0.25, 0.3) is 0 Å². The van der Waals surface area contributed by atoms with Crippen molar-refractivity contribution in [2.24, 2.45) is 5.41 Å². The van der Waals surface area contributed by atoms with Gasteiger partial charge in [-0.25, -0.2) is 0 Å². The lowest BCUT2D eigenvalue weighted by Crippen LogP contribution is -2.25. The second-order valence-corrected chi connectivity index (χ2v) is 4.66. The van der Waals surface area contributed by atoms with Gasteiger partial charge in [0.05, 0.1) is 0 Å². The Morgan fingerprint density at radius 3 is 2.36 bits per heavy atom. The van der Waals surface area contributed by atoms with Gasteiger partial charge >= 0.3 is 0 Å². The molecule has 0 atom stereocenters. The van der Waals surface area contributed by atoms with E-state index in [1.165, 1.54) is 0 Å². The highest BCUT2D eigenvalue weighted by Gasteiger charge is 2.36. The Morgan fingerprint density at radius 1 is 1.21 bits per heavy atom. The number of para-hydroxylation sites is 1. The Kier molecular flexibility index (Phi) is 2.06. The lowest BCUT2D eigenvalue weighted by Gasteiger charge is -2.19. The molecule has 1 aromatic carbocycles. The van der Waals surface area contributed by atoms with Crippen LogP contribution in [0.2, 0.25) is 0 Å². The molecule has 2 heteroatoms. The molecule has 1 saturated heterocycles. The topological polar surface area (TPSA) is 20.3 Å². The number of carbonyl (C=O) groups is 1. The summed E-state index contributed by atoms with van der Waals surface area (Å²) in [4.78, 5) is 13.6. The fraction of sp³-hybridized carbons (Fsp3) is 0.417. The molecule has 14 heavy (non-hydrogen) atoms. The summed E-state index contributed by atoms with van der Waals surface area (Å²) in [6, 6.07) is 9.87. The Bertz CT molecular complexity index is 343. The van der Waals surface area contributed by atoms with E-state index >= 15 is 0 Å². The van der Waals surface area contributed by atoms with Crippen molar-refractivity contribution in [3.05, 3.63) is 30.3 Å². The van der Waals surface area contributed by atoms with Crippen LogP contribution in [0.15, 0.2) is 30.3 Å². The highest BCUT2D eigenvalue weighted by atomic mass is 16.2. The number of carbonyl (C=O) groups excluding carboxylic acids is 1. The second kappa shape index (κ2) is 3.12. The first-order valence-electron chi connectivity index (χ1n) is 4.94. The van der Waals surface area contributed by atoms with Crippen LogP contribution in [0, 0.1) is 5.41 Å². The highest BCUT2D eigenvalue weighted by molar-refractivity contribution is 5.96. The third kappa shape index (κ3) is 1.65. The molecule has 74 valence electrons. The first kappa shape index (κ1) is 9.25. The Labute approximate surface area is 84.5 Å². The van der Waals surface area contributed by atoms with Gasteiger partial charge in [-0.3, -0.25) is 4.79 Å². The van der Waals surface area contributed by atoms with Gasteiger partial charge < -0.3 is 4.90 Å². The largest absolute Gasteiger partial charge is 0.312 e. The van der Waals surface area contributed by atoms with Crippen LogP contribution < -0.4 is 4.90 Å². The minimum atomic E-state index is 0.118. The molecular weight excluding hydrogens is 174 g/mol. The summed E-state index contributed by atoms with van der Waals surface area (Å²) in [6.45, 7) is 5.09. The zero-order chi connectivity index (χ0) is 10.2. The summed E-state index contributed by atoms with van der Waals surface area (Å²) in [5.41, 5.74) is 1.13. The summed E-state index contributed by atoms with van der Waals surface area (Å²) < 4.78 is 0. The van der Waals surface area contributed by atoms with Crippen molar-refractivity contribution in [1.29, 1.82) is 0 Å². The van der Waals surface area contributed by atoms with Crippen LogP contribution >= 0.6 is 0 Å². The van der Waals surface area contributed by atoms with Gasteiger partial charge in [0.15, 0.2) is 0 Å². The predicted molar refractivity (Wildman–Crippen MR) is 57.2 cm³/mol. The van der Waals surface area contributed by atoms with Gasteiger partial charge in [0.25, 0.3) is 0 Å². The van der Waals surface area contributed by atoms with E-state index in [0.29, 0.717) is 6.42 Å². The van der Waals surface area contributed by atoms with Gasteiger partial charge in [-0.1, -0.05) is 32.0 Å². The fourth-order valence-electron chi connectivity index (χ4n) is 1.92. The molecule has 0 aromatic heterocycles. The molecule has 2 nitrogen and oxygen atoms in total. The Morgan fingerprint density at radius 2 is 1.86 bits per heavy atom. The van der Waals surface area contributed by atoms with E-state index in [9.17, 15) is 4.79 Å². The quantitative estimate of drug-likeness (QED) is 0.664. The summed E-state index contributed by atoms with van der Waals surface area (Å²) >= 11 is 0. The predicted octanol–water partition coefficient (Wildman–Crippen LogP) is 2.45. The molecule has 0 radical (unpaired) electrons. The number of hydrogen-bond donors (Lipinski definition) is 0. The van der Waals surface area contributed by atoms with Crippen molar-refractivity contribution in [2.45, 2.75) is 20.3 Å². The summed E-state index contributed by atoms with van der Waals surface area (Å²) in [5, 5.41) is 0. The van der Waals surface area contributed by atoms with Gasteiger partial charge in [-0.05, 0) is 17.5 Å². The third-order valence-corrected chi connectivity index (χ3v) is 2.58. The number of hydrogen-bond acceptors (Lipinski definition) is 1. The number of rotatable bonds is 1. The van der Waals surface area contributed by atoms with Crippen molar-refractivity contribution in [3.63, 3.8) is 0 Å². The molecule has 0 bridgehead atoms. The van der Waals surface area contributed by atoms with Gasteiger partial charge in [0, 0.05) is 18.7 Å². The summed E-state index contributed by atoms with van der Waals surface area (Å²) in [7, 11) is 0. The Hall–Kier alpha value is -1.31. The van der Waals surface area contributed by atoms with Gasteiger partial charge in [-0.15, -0.1) is 0 Å². The number of anilines is 1. The smallest absolute Gasteiger partial charge is 0.227 e.